The van der Waals surface area contributed by atoms with E-state index >= 15 is 0 Å². The average molecular weight is 480 g/mol. The number of aromatic nitrogens is 2. The Hall–Kier alpha value is -4.78. The SMILES string of the molecule is COc1ccc(OC)c(/C=C/C(=O)NCc2cc3c4ccccc4n(-c4ccc(O)cc4)c3cn2)c1. The summed E-state index contributed by atoms with van der Waals surface area (Å²) in [6, 6.07) is 22.6. The number of nitrogens with zero attached hydrogens (tertiary/aromatic N) is 2. The molecule has 2 aromatic heterocycles. The fraction of sp³-hybridized carbons (Fsp3) is 0.103. The molecule has 0 bridgehead atoms. The second kappa shape index (κ2) is 9.84. The van der Waals surface area contributed by atoms with Crippen LogP contribution in [-0.4, -0.2) is 34.8 Å². The molecule has 0 fully saturated rings. The lowest BCUT2D eigenvalue weighted by molar-refractivity contribution is -0.116. The van der Waals surface area contributed by atoms with Gasteiger partial charge in [-0.2, -0.15) is 0 Å². The number of nitrogens with one attached hydrogen (secondary N) is 1. The lowest BCUT2D eigenvalue weighted by atomic mass is 10.1. The van der Waals surface area contributed by atoms with Gasteiger partial charge in [0.15, 0.2) is 0 Å². The Labute approximate surface area is 208 Å². The number of pyridine rings is 1. The highest BCUT2D eigenvalue weighted by Crippen LogP contribution is 2.32. The number of hydrogen-bond donors (Lipinski definition) is 2. The first-order valence-corrected chi connectivity index (χ1v) is 11.4. The molecular weight excluding hydrogens is 454 g/mol. The van der Waals surface area contributed by atoms with Gasteiger partial charge >= 0.3 is 0 Å². The number of benzene rings is 3. The standard InChI is InChI=1S/C29H25N3O4/c1-35-23-12-13-28(36-2)19(15-23)7-14-29(34)31-17-20-16-25-24-5-3-4-6-26(24)32(27(25)18-30-20)21-8-10-22(33)11-9-21/h3-16,18,33H,17H2,1-2H3,(H,31,34)/b14-7+. The Kier molecular flexibility index (Phi) is 6.28. The Morgan fingerprint density at radius 3 is 2.56 bits per heavy atom. The summed E-state index contributed by atoms with van der Waals surface area (Å²) in [5.74, 6) is 1.31. The van der Waals surface area contributed by atoms with E-state index in [4.69, 9.17) is 9.47 Å². The van der Waals surface area contributed by atoms with Crippen LogP contribution in [0.1, 0.15) is 11.3 Å². The quantitative estimate of drug-likeness (QED) is 0.312. The van der Waals surface area contributed by atoms with Crippen LogP contribution in [0, 0.1) is 0 Å². The number of carbonyl (C=O) groups excluding carboxylic acids is 1. The van der Waals surface area contributed by atoms with E-state index in [1.165, 1.54) is 6.08 Å². The fourth-order valence-corrected chi connectivity index (χ4v) is 4.26. The molecule has 180 valence electrons. The second-order valence-corrected chi connectivity index (χ2v) is 8.22. The van der Waals surface area contributed by atoms with Gasteiger partial charge in [-0.1, -0.05) is 18.2 Å². The summed E-state index contributed by atoms with van der Waals surface area (Å²) >= 11 is 0. The van der Waals surface area contributed by atoms with E-state index in [1.54, 1.807) is 44.6 Å². The lowest BCUT2D eigenvalue weighted by Gasteiger charge is -2.08. The monoisotopic (exact) mass is 479 g/mol. The Balaban J connectivity index is 1.39. The molecule has 1 amide bonds. The molecule has 0 atom stereocenters. The Bertz CT molecular complexity index is 1590. The van der Waals surface area contributed by atoms with Gasteiger partial charge in [0, 0.05) is 28.1 Å². The number of para-hydroxylation sites is 1. The molecule has 7 heteroatoms. The van der Waals surface area contributed by atoms with Crippen molar-refractivity contribution >= 4 is 33.8 Å². The van der Waals surface area contributed by atoms with Crippen molar-refractivity contribution in [1.82, 2.24) is 14.9 Å². The number of fused-ring (bicyclic) bond motifs is 3. The third-order valence-corrected chi connectivity index (χ3v) is 6.02. The minimum atomic E-state index is -0.242. The van der Waals surface area contributed by atoms with Crippen molar-refractivity contribution < 1.29 is 19.4 Å². The van der Waals surface area contributed by atoms with E-state index in [0.717, 1.165) is 38.8 Å². The highest BCUT2D eigenvalue weighted by Gasteiger charge is 2.13. The molecule has 0 saturated carbocycles. The van der Waals surface area contributed by atoms with Crippen LogP contribution in [-0.2, 0) is 11.3 Å². The molecule has 5 aromatic rings. The number of hydrogen-bond acceptors (Lipinski definition) is 5. The summed E-state index contributed by atoms with van der Waals surface area (Å²) < 4.78 is 12.7. The molecule has 7 nitrogen and oxygen atoms in total. The molecule has 3 aromatic carbocycles. The number of phenols is 1. The first-order chi connectivity index (χ1) is 17.6. The molecule has 0 spiro atoms. The smallest absolute Gasteiger partial charge is 0.244 e. The minimum Gasteiger partial charge on any atom is -0.508 e. The molecule has 0 saturated heterocycles. The van der Waals surface area contributed by atoms with Gasteiger partial charge in [0.25, 0.3) is 0 Å². The molecule has 0 unspecified atom stereocenters. The minimum absolute atomic E-state index is 0.217. The van der Waals surface area contributed by atoms with Gasteiger partial charge in [-0.15, -0.1) is 0 Å². The zero-order valence-corrected chi connectivity index (χ0v) is 19.9. The van der Waals surface area contributed by atoms with Gasteiger partial charge in [0.05, 0.1) is 43.7 Å². The van der Waals surface area contributed by atoms with Crippen molar-refractivity contribution in [2.45, 2.75) is 6.54 Å². The zero-order chi connectivity index (χ0) is 25.1. The van der Waals surface area contributed by atoms with Crippen molar-refractivity contribution in [3.05, 3.63) is 96.3 Å². The topological polar surface area (TPSA) is 85.6 Å². The van der Waals surface area contributed by atoms with Crippen LogP contribution >= 0.6 is 0 Å². The van der Waals surface area contributed by atoms with Gasteiger partial charge in [-0.3, -0.25) is 9.78 Å². The third-order valence-electron chi connectivity index (χ3n) is 6.02. The Morgan fingerprint density at radius 1 is 0.972 bits per heavy atom. The van der Waals surface area contributed by atoms with Crippen molar-refractivity contribution in [1.29, 1.82) is 0 Å². The fourth-order valence-electron chi connectivity index (χ4n) is 4.26. The second-order valence-electron chi connectivity index (χ2n) is 8.22. The maximum absolute atomic E-state index is 12.5. The summed E-state index contributed by atoms with van der Waals surface area (Å²) in [4.78, 5) is 17.1. The van der Waals surface area contributed by atoms with Gasteiger partial charge < -0.3 is 24.5 Å². The lowest BCUT2D eigenvalue weighted by Crippen LogP contribution is -2.20. The molecule has 36 heavy (non-hydrogen) atoms. The van der Waals surface area contributed by atoms with Crippen LogP contribution in [0.4, 0.5) is 0 Å². The largest absolute Gasteiger partial charge is 0.508 e. The molecular formula is C29H25N3O4. The van der Waals surface area contributed by atoms with Crippen LogP contribution in [0.5, 0.6) is 17.2 Å². The summed E-state index contributed by atoms with van der Waals surface area (Å²) in [5.41, 5.74) is 4.41. The first-order valence-electron chi connectivity index (χ1n) is 11.4. The normalized spacial score (nSPS) is 11.3. The number of carbonyl (C=O) groups is 1. The van der Waals surface area contributed by atoms with E-state index in [0.29, 0.717) is 11.5 Å². The summed E-state index contributed by atoms with van der Waals surface area (Å²) in [5, 5.41) is 14.7. The van der Waals surface area contributed by atoms with Crippen molar-refractivity contribution in [2.24, 2.45) is 0 Å². The van der Waals surface area contributed by atoms with Gasteiger partial charge in [0.1, 0.15) is 17.2 Å². The molecule has 5 rings (SSSR count). The van der Waals surface area contributed by atoms with Crippen LogP contribution < -0.4 is 14.8 Å². The van der Waals surface area contributed by atoms with Crippen LogP contribution in [0.3, 0.4) is 0 Å². The van der Waals surface area contributed by atoms with Gasteiger partial charge in [0.2, 0.25) is 5.91 Å². The van der Waals surface area contributed by atoms with Crippen LogP contribution in [0.25, 0.3) is 33.6 Å². The molecule has 2 heterocycles. The van der Waals surface area contributed by atoms with E-state index in [2.05, 4.69) is 27.0 Å². The van der Waals surface area contributed by atoms with E-state index in [-0.39, 0.29) is 18.2 Å². The van der Waals surface area contributed by atoms with Crippen LogP contribution in [0.15, 0.2) is 85.1 Å². The number of aromatic hydroxyl groups is 1. The van der Waals surface area contributed by atoms with Crippen molar-refractivity contribution in [3.63, 3.8) is 0 Å². The number of phenolic OH excluding ortho intramolecular Hbond substituents is 1. The maximum atomic E-state index is 12.5. The highest BCUT2D eigenvalue weighted by atomic mass is 16.5. The highest BCUT2D eigenvalue weighted by molar-refractivity contribution is 6.09. The number of ether oxygens (including phenoxy) is 2. The zero-order valence-electron chi connectivity index (χ0n) is 19.9. The third kappa shape index (κ3) is 4.46. The molecule has 0 aliphatic rings. The molecule has 0 radical (unpaired) electrons. The predicted octanol–water partition coefficient (Wildman–Crippen LogP) is 5.23. The summed E-state index contributed by atoms with van der Waals surface area (Å²) in [7, 11) is 3.17. The van der Waals surface area contributed by atoms with Gasteiger partial charge in [-0.25, -0.2) is 0 Å². The van der Waals surface area contributed by atoms with Gasteiger partial charge in [-0.05, 0) is 60.7 Å². The van der Waals surface area contributed by atoms with Crippen molar-refractivity contribution in [2.75, 3.05) is 14.2 Å². The number of amides is 1. The Morgan fingerprint density at radius 2 is 1.78 bits per heavy atom. The van der Waals surface area contributed by atoms with Crippen LogP contribution in [0.2, 0.25) is 0 Å². The molecule has 0 aliphatic heterocycles. The molecule has 2 N–H and O–H groups in total. The van der Waals surface area contributed by atoms with E-state index < -0.39 is 0 Å². The predicted molar refractivity (Wildman–Crippen MR) is 141 cm³/mol. The average Bonchev–Trinajstić information content (AvgIpc) is 3.24. The van der Waals surface area contributed by atoms with E-state index in [9.17, 15) is 9.90 Å². The number of rotatable bonds is 7. The summed E-state index contributed by atoms with van der Waals surface area (Å²) in [6.07, 6.45) is 4.98. The number of methoxy groups -OCH3 is 2. The maximum Gasteiger partial charge on any atom is 0.244 e. The van der Waals surface area contributed by atoms with Crippen molar-refractivity contribution in [3.8, 4) is 22.9 Å². The summed E-state index contributed by atoms with van der Waals surface area (Å²) in [6.45, 7) is 0.285. The first kappa shape index (κ1) is 23.0. The molecule has 0 aliphatic carbocycles. The van der Waals surface area contributed by atoms with E-state index in [1.807, 2.05) is 42.6 Å².